The maximum absolute atomic E-state index is 6.16. The van der Waals surface area contributed by atoms with Crippen LogP contribution in [0.2, 0.25) is 0 Å². The van der Waals surface area contributed by atoms with Gasteiger partial charge in [-0.1, -0.05) is 6.42 Å². The predicted octanol–water partition coefficient (Wildman–Crippen LogP) is 6.00. The van der Waals surface area contributed by atoms with E-state index in [9.17, 15) is 0 Å². The average molecular weight is 513 g/mol. The lowest BCUT2D eigenvalue weighted by Crippen LogP contribution is -2.34. The largest absolute Gasteiger partial charge is 0.492 e. The minimum absolute atomic E-state index is 0. The minimum atomic E-state index is 0. The number of aromatic nitrogens is 3. The Morgan fingerprint density at radius 3 is 2.54 bits per heavy atom. The van der Waals surface area contributed by atoms with E-state index in [1.54, 1.807) is 11.3 Å². The summed E-state index contributed by atoms with van der Waals surface area (Å²) in [6.45, 7) is 3.46. The summed E-state index contributed by atoms with van der Waals surface area (Å²) >= 11 is 1.78. The number of halogens is 1. The molecule has 6 nitrogen and oxygen atoms in total. The first-order valence-corrected chi connectivity index (χ1v) is 13.3. The van der Waals surface area contributed by atoms with Gasteiger partial charge in [-0.25, -0.2) is 4.98 Å². The van der Waals surface area contributed by atoms with Crippen molar-refractivity contribution in [1.29, 1.82) is 0 Å². The van der Waals surface area contributed by atoms with E-state index in [1.165, 1.54) is 40.9 Å². The summed E-state index contributed by atoms with van der Waals surface area (Å²) in [6.07, 6.45) is 8.35. The number of nitrogens with one attached hydrogen (secondary N) is 1. The first-order valence-electron chi connectivity index (χ1n) is 12.5. The summed E-state index contributed by atoms with van der Waals surface area (Å²) in [4.78, 5) is 4.89. The van der Waals surface area contributed by atoms with Crippen LogP contribution in [-0.4, -0.2) is 39.9 Å². The van der Waals surface area contributed by atoms with Crippen LogP contribution in [0.25, 0.3) is 21.7 Å². The average Bonchev–Trinajstić information content (AvgIpc) is 3.52. The summed E-state index contributed by atoms with van der Waals surface area (Å²) in [6, 6.07) is 12.5. The smallest absolute Gasteiger partial charge is 0.157 e. The van der Waals surface area contributed by atoms with Crippen molar-refractivity contribution in [3.05, 3.63) is 53.7 Å². The number of fused-ring (bicyclic) bond motifs is 1. The number of piperidine rings is 1. The topological polar surface area (TPSA) is 53.2 Å². The highest BCUT2D eigenvalue weighted by Crippen LogP contribution is 2.39. The Morgan fingerprint density at radius 2 is 1.83 bits per heavy atom. The monoisotopic (exact) mass is 512 g/mol. The molecule has 2 aliphatic rings. The van der Waals surface area contributed by atoms with Crippen molar-refractivity contribution in [1.82, 2.24) is 19.4 Å². The van der Waals surface area contributed by atoms with Crippen molar-refractivity contribution < 1.29 is 9.47 Å². The van der Waals surface area contributed by atoms with Gasteiger partial charge in [0.25, 0.3) is 0 Å². The Kier molecular flexibility index (Phi) is 7.37. The fraction of sp³-hybridized carbons (Fsp3) is 0.444. The van der Waals surface area contributed by atoms with Crippen molar-refractivity contribution in [2.24, 2.45) is 7.05 Å². The molecule has 0 bridgehead atoms. The van der Waals surface area contributed by atoms with Crippen LogP contribution in [0.1, 0.15) is 43.7 Å². The molecule has 8 heteroatoms. The van der Waals surface area contributed by atoms with Gasteiger partial charge in [0.05, 0.1) is 22.5 Å². The first-order chi connectivity index (χ1) is 16.8. The molecule has 0 atom stereocenters. The van der Waals surface area contributed by atoms with Gasteiger partial charge < -0.3 is 23.9 Å². The third-order valence-corrected chi connectivity index (χ3v) is 8.15. The highest BCUT2D eigenvalue weighted by molar-refractivity contribution is 7.17. The van der Waals surface area contributed by atoms with E-state index in [0.717, 1.165) is 49.8 Å². The molecule has 1 aliphatic carbocycles. The summed E-state index contributed by atoms with van der Waals surface area (Å²) in [5.41, 5.74) is 3.79. The highest BCUT2D eigenvalue weighted by atomic mass is 35.5. The van der Waals surface area contributed by atoms with Crippen molar-refractivity contribution in [2.75, 3.05) is 19.7 Å². The van der Waals surface area contributed by atoms with E-state index in [4.69, 9.17) is 14.5 Å². The number of ether oxygens (including phenoxy) is 2. The molecule has 1 saturated carbocycles. The number of benzene rings is 1. The lowest BCUT2D eigenvalue weighted by atomic mass is 9.83. The molecular weight excluding hydrogens is 480 g/mol. The summed E-state index contributed by atoms with van der Waals surface area (Å²) in [5, 5.41) is 5.53. The molecular formula is C27H33ClN4O2S. The van der Waals surface area contributed by atoms with Crippen LogP contribution >= 0.6 is 23.7 Å². The molecule has 4 heterocycles. The van der Waals surface area contributed by atoms with Gasteiger partial charge in [0, 0.05) is 24.9 Å². The highest BCUT2D eigenvalue weighted by Gasteiger charge is 2.26. The maximum atomic E-state index is 6.16. The van der Waals surface area contributed by atoms with Crippen molar-refractivity contribution in [2.45, 2.75) is 50.7 Å². The first kappa shape index (κ1) is 24.2. The summed E-state index contributed by atoms with van der Waals surface area (Å²) in [7, 11) is 2.14. The molecule has 0 radical (unpaired) electrons. The Bertz CT molecular complexity index is 1250. The van der Waals surface area contributed by atoms with Crippen LogP contribution < -0.4 is 14.8 Å². The number of aryl methyl sites for hydroxylation is 1. The molecule has 6 rings (SSSR count). The molecule has 1 saturated heterocycles. The van der Waals surface area contributed by atoms with E-state index >= 15 is 0 Å². The van der Waals surface area contributed by atoms with Crippen molar-refractivity contribution in [3.63, 3.8) is 0 Å². The lowest BCUT2D eigenvalue weighted by Gasteiger charge is -2.27. The van der Waals surface area contributed by atoms with E-state index in [2.05, 4.69) is 45.2 Å². The zero-order valence-corrected chi connectivity index (χ0v) is 21.7. The summed E-state index contributed by atoms with van der Waals surface area (Å²) < 4.78 is 18.2. The lowest BCUT2D eigenvalue weighted by molar-refractivity contribution is 0.162. The van der Waals surface area contributed by atoms with Gasteiger partial charge in [0.2, 0.25) is 0 Å². The predicted molar refractivity (Wildman–Crippen MR) is 144 cm³/mol. The zero-order valence-electron chi connectivity index (χ0n) is 20.1. The van der Waals surface area contributed by atoms with Crippen molar-refractivity contribution >= 4 is 34.0 Å². The number of imidazole rings is 1. The SMILES string of the molecule is Cl.Cn1c(-c2ncc(C3CCC3)n2CCOc2ccc(OC3CCNCC3)cc2)cc2sccc21. The zero-order chi connectivity index (χ0) is 22.9. The molecule has 4 aromatic rings. The van der Waals surface area contributed by atoms with Crippen LogP contribution in [0.5, 0.6) is 11.5 Å². The Morgan fingerprint density at radius 1 is 1.06 bits per heavy atom. The quantitative estimate of drug-likeness (QED) is 0.314. The number of hydrogen-bond donors (Lipinski definition) is 1. The van der Waals surface area contributed by atoms with E-state index < -0.39 is 0 Å². The number of hydrogen-bond acceptors (Lipinski definition) is 5. The maximum Gasteiger partial charge on any atom is 0.157 e. The van der Waals surface area contributed by atoms with E-state index in [1.807, 2.05) is 24.3 Å². The second-order valence-corrected chi connectivity index (χ2v) is 10.4. The van der Waals surface area contributed by atoms with Gasteiger partial charge >= 0.3 is 0 Å². The van der Waals surface area contributed by atoms with Crippen LogP contribution in [0.3, 0.4) is 0 Å². The number of nitrogens with zero attached hydrogens (tertiary/aromatic N) is 3. The molecule has 0 unspecified atom stereocenters. The molecule has 0 amide bonds. The van der Waals surface area contributed by atoms with Gasteiger partial charge in [-0.3, -0.25) is 0 Å². The third-order valence-electron chi connectivity index (χ3n) is 7.30. The Hall–Kier alpha value is -2.48. The Balaban J connectivity index is 0.00000253. The molecule has 3 aromatic heterocycles. The molecule has 186 valence electrons. The van der Waals surface area contributed by atoms with Gasteiger partial charge in [-0.15, -0.1) is 23.7 Å². The normalized spacial score (nSPS) is 16.7. The molecule has 1 N–H and O–H groups in total. The van der Waals surface area contributed by atoms with Gasteiger partial charge in [0.1, 0.15) is 24.2 Å². The van der Waals surface area contributed by atoms with Gasteiger partial charge in [-0.2, -0.15) is 0 Å². The van der Waals surface area contributed by atoms with Gasteiger partial charge in [-0.05, 0) is 80.6 Å². The van der Waals surface area contributed by atoms with E-state index in [0.29, 0.717) is 18.6 Å². The second-order valence-electron chi connectivity index (χ2n) is 9.43. The third kappa shape index (κ3) is 4.95. The number of thiophene rings is 1. The van der Waals surface area contributed by atoms with E-state index in [-0.39, 0.29) is 12.4 Å². The van der Waals surface area contributed by atoms with Crippen LogP contribution in [0, 0.1) is 0 Å². The fourth-order valence-electron chi connectivity index (χ4n) is 5.10. The minimum Gasteiger partial charge on any atom is -0.492 e. The molecule has 2 fully saturated rings. The van der Waals surface area contributed by atoms with Crippen LogP contribution in [-0.2, 0) is 13.6 Å². The standard InChI is InChI=1S/C27H32N4O2S.ClH/c1-30-23-11-16-34-26(23)17-24(30)27-29-18-25(19-3-2-4-19)31(27)14-15-32-20-5-7-21(8-6-20)33-22-9-12-28-13-10-22;/h5-8,11,16-19,22,28H,2-4,9-10,12-15H2,1H3;1H. The molecule has 1 aliphatic heterocycles. The molecule has 0 spiro atoms. The van der Waals surface area contributed by atoms with Gasteiger partial charge in [0.15, 0.2) is 5.82 Å². The molecule has 35 heavy (non-hydrogen) atoms. The Labute approximate surface area is 216 Å². The molecule has 1 aromatic carbocycles. The summed E-state index contributed by atoms with van der Waals surface area (Å²) in [5.74, 6) is 3.46. The van der Waals surface area contributed by atoms with Crippen LogP contribution in [0.15, 0.2) is 48.0 Å². The fourth-order valence-corrected chi connectivity index (χ4v) is 5.95. The second kappa shape index (κ2) is 10.6. The van der Waals surface area contributed by atoms with Crippen molar-refractivity contribution in [3.8, 4) is 23.0 Å². The number of rotatable bonds is 8. The van der Waals surface area contributed by atoms with Crippen LogP contribution in [0.4, 0.5) is 0 Å².